The number of hydrogen-bond donors (Lipinski definition) is 2. The van der Waals surface area contributed by atoms with Gasteiger partial charge in [-0.15, -0.1) is 0 Å². The van der Waals surface area contributed by atoms with Crippen LogP contribution in [0.2, 0.25) is 0 Å². The maximum Gasteiger partial charge on any atom is 0.407 e. The number of nitrogens with one attached hydrogen (secondary N) is 1. The normalized spacial score (nSPS) is 13.3. The Hall–Kier alpha value is -0.810. The number of hydrogen-bond acceptors (Lipinski definition) is 4. The van der Waals surface area contributed by atoms with E-state index < -0.39 is 17.3 Å². The van der Waals surface area contributed by atoms with Gasteiger partial charge < -0.3 is 20.5 Å². The Bertz CT molecular complexity index is 275. The number of carbonyl (C=O) groups is 1. The van der Waals surface area contributed by atoms with Crippen molar-refractivity contribution in [2.45, 2.75) is 65.2 Å². The maximum atomic E-state index is 11.5. The fraction of sp³-hybridized carbons (Fsp3) is 0.923. The van der Waals surface area contributed by atoms with Gasteiger partial charge in [0.2, 0.25) is 0 Å². The molecular weight excluding hydrogens is 232 g/mol. The highest BCUT2D eigenvalue weighted by Crippen LogP contribution is 2.12. The minimum absolute atomic E-state index is 0.373. The van der Waals surface area contributed by atoms with Crippen LogP contribution in [0.4, 0.5) is 4.79 Å². The molecule has 0 unspecified atom stereocenters. The van der Waals surface area contributed by atoms with Gasteiger partial charge in [-0.3, -0.25) is 0 Å². The van der Waals surface area contributed by atoms with Crippen molar-refractivity contribution in [2.75, 3.05) is 13.2 Å². The summed E-state index contributed by atoms with van der Waals surface area (Å²) in [5, 5.41) is 2.69. The summed E-state index contributed by atoms with van der Waals surface area (Å²) in [6.45, 7) is 13.9. The molecule has 0 aliphatic rings. The molecule has 0 aromatic rings. The van der Waals surface area contributed by atoms with Crippen LogP contribution in [0.5, 0.6) is 0 Å². The van der Waals surface area contributed by atoms with Crippen LogP contribution < -0.4 is 11.1 Å². The number of carbonyl (C=O) groups excluding carboxylic acids is 1. The second kappa shape index (κ2) is 5.89. The Morgan fingerprint density at radius 3 is 2.00 bits per heavy atom. The van der Waals surface area contributed by atoms with E-state index in [1.54, 1.807) is 0 Å². The molecule has 0 aliphatic carbocycles. The van der Waals surface area contributed by atoms with E-state index in [-0.39, 0.29) is 5.54 Å². The van der Waals surface area contributed by atoms with Gasteiger partial charge in [-0.25, -0.2) is 4.79 Å². The Balaban J connectivity index is 4.07. The Kier molecular flexibility index (Phi) is 5.62. The molecule has 0 saturated heterocycles. The van der Waals surface area contributed by atoms with Crippen molar-refractivity contribution < 1.29 is 14.3 Å². The summed E-state index contributed by atoms with van der Waals surface area (Å²) in [6, 6.07) is 0. The van der Waals surface area contributed by atoms with E-state index in [1.807, 2.05) is 48.5 Å². The zero-order valence-corrected chi connectivity index (χ0v) is 12.7. The Morgan fingerprint density at radius 1 is 1.11 bits per heavy atom. The standard InChI is InChI=1S/C13H28N2O3/c1-11(2,3)18-10(16)15-8-13(6,7)17-9-12(4,5)14/h8-9,14H2,1-7H3,(H,15,16). The van der Waals surface area contributed by atoms with Gasteiger partial charge in [-0.05, 0) is 48.5 Å². The van der Waals surface area contributed by atoms with Crippen molar-refractivity contribution in [3.05, 3.63) is 0 Å². The SMILES string of the molecule is CC(C)(N)COC(C)(C)CNC(=O)OC(C)(C)C. The third-order valence-corrected chi connectivity index (χ3v) is 1.89. The second-order valence-electron chi connectivity index (χ2n) is 6.89. The summed E-state index contributed by atoms with van der Waals surface area (Å²) in [7, 11) is 0. The molecule has 0 saturated carbocycles. The molecule has 0 rings (SSSR count). The highest BCUT2D eigenvalue weighted by molar-refractivity contribution is 5.67. The lowest BCUT2D eigenvalue weighted by atomic mass is 10.1. The van der Waals surface area contributed by atoms with Crippen LogP contribution in [0.25, 0.3) is 0 Å². The van der Waals surface area contributed by atoms with E-state index in [1.165, 1.54) is 0 Å². The molecule has 0 radical (unpaired) electrons. The lowest BCUT2D eigenvalue weighted by molar-refractivity contribution is -0.0365. The maximum absolute atomic E-state index is 11.5. The third kappa shape index (κ3) is 10.4. The van der Waals surface area contributed by atoms with Crippen LogP contribution in [-0.4, -0.2) is 36.0 Å². The lowest BCUT2D eigenvalue weighted by Gasteiger charge is -2.30. The van der Waals surface area contributed by atoms with Gasteiger partial charge in [0.05, 0.1) is 12.2 Å². The first kappa shape index (κ1) is 17.2. The summed E-state index contributed by atoms with van der Waals surface area (Å²) in [6.07, 6.45) is -0.439. The van der Waals surface area contributed by atoms with Crippen LogP contribution in [0.3, 0.4) is 0 Å². The van der Waals surface area contributed by atoms with Crippen molar-refractivity contribution in [3.63, 3.8) is 0 Å². The lowest BCUT2D eigenvalue weighted by Crippen LogP contribution is -2.46. The van der Waals surface area contributed by atoms with Crippen LogP contribution in [-0.2, 0) is 9.47 Å². The van der Waals surface area contributed by atoms with Gasteiger partial charge in [0.1, 0.15) is 5.60 Å². The van der Waals surface area contributed by atoms with Crippen molar-refractivity contribution in [1.82, 2.24) is 5.32 Å². The van der Waals surface area contributed by atoms with Crippen molar-refractivity contribution in [2.24, 2.45) is 5.73 Å². The van der Waals surface area contributed by atoms with Gasteiger partial charge in [0, 0.05) is 12.1 Å². The number of alkyl carbamates (subject to hydrolysis) is 1. The Morgan fingerprint density at radius 2 is 1.61 bits per heavy atom. The first-order valence-corrected chi connectivity index (χ1v) is 6.20. The summed E-state index contributed by atoms with van der Waals surface area (Å²) in [5.41, 5.74) is 4.49. The number of ether oxygens (including phenoxy) is 2. The number of rotatable bonds is 5. The molecular formula is C13H28N2O3. The van der Waals surface area contributed by atoms with Crippen molar-refractivity contribution >= 4 is 6.09 Å². The summed E-state index contributed by atoms with van der Waals surface area (Å²) in [4.78, 5) is 11.5. The average molecular weight is 260 g/mol. The molecule has 0 atom stereocenters. The second-order valence-corrected chi connectivity index (χ2v) is 6.89. The zero-order valence-electron chi connectivity index (χ0n) is 12.7. The molecule has 0 heterocycles. The summed E-state index contributed by atoms with van der Waals surface area (Å²) < 4.78 is 10.8. The smallest absolute Gasteiger partial charge is 0.407 e. The van der Waals surface area contributed by atoms with E-state index in [9.17, 15) is 4.79 Å². The molecule has 0 fully saturated rings. The molecule has 0 bridgehead atoms. The minimum Gasteiger partial charge on any atom is -0.444 e. The van der Waals surface area contributed by atoms with Crippen molar-refractivity contribution in [1.29, 1.82) is 0 Å². The van der Waals surface area contributed by atoms with Crippen LogP contribution in [0, 0.1) is 0 Å². The van der Waals surface area contributed by atoms with Gasteiger partial charge in [0.15, 0.2) is 0 Å². The Labute approximate surface area is 110 Å². The molecule has 5 heteroatoms. The largest absolute Gasteiger partial charge is 0.444 e. The van der Waals surface area contributed by atoms with Crippen LogP contribution in [0.1, 0.15) is 48.5 Å². The third-order valence-electron chi connectivity index (χ3n) is 1.89. The molecule has 3 N–H and O–H groups in total. The molecule has 1 amide bonds. The molecule has 0 aliphatic heterocycles. The van der Waals surface area contributed by atoms with E-state index in [0.29, 0.717) is 13.2 Å². The first-order valence-electron chi connectivity index (χ1n) is 6.20. The van der Waals surface area contributed by atoms with Gasteiger partial charge in [0.25, 0.3) is 0 Å². The van der Waals surface area contributed by atoms with E-state index >= 15 is 0 Å². The quantitative estimate of drug-likeness (QED) is 0.793. The van der Waals surface area contributed by atoms with Crippen LogP contribution in [0.15, 0.2) is 0 Å². The summed E-state index contributed by atoms with van der Waals surface area (Å²) >= 11 is 0. The predicted molar refractivity (Wildman–Crippen MR) is 72.5 cm³/mol. The van der Waals surface area contributed by atoms with E-state index in [2.05, 4.69) is 5.32 Å². The highest BCUT2D eigenvalue weighted by Gasteiger charge is 2.24. The number of nitrogens with two attached hydrogens (primary N) is 1. The van der Waals surface area contributed by atoms with E-state index in [0.717, 1.165) is 0 Å². The minimum atomic E-state index is -0.492. The first-order chi connectivity index (χ1) is 7.81. The fourth-order valence-electron chi connectivity index (χ4n) is 1.03. The van der Waals surface area contributed by atoms with Gasteiger partial charge >= 0.3 is 6.09 Å². The monoisotopic (exact) mass is 260 g/mol. The molecule has 0 aromatic heterocycles. The molecule has 18 heavy (non-hydrogen) atoms. The zero-order chi connectivity index (χ0) is 14.6. The summed E-state index contributed by atoms with van der Waals surface area (Å²) in [5.74, 6) is 0. The van der Waals surface area contributed by atoms with Gasteiger partial charge in [-0.1, -0.05) is 0 Å². The molecule has 5 nitrogen and oxygen atoms in total. The van der Waals surface area contributed by atoms with Crippen molar-refractivity contribution in [3.8, 4) is 0 Å². The topological polar surface area (TPSA) is 73.6 Å². The van der Waals surface area contributed by atoms with Gasteiger partial charge in [-0.2, -0.15) is 0 Å². The molecule has 108 valence electrons. The fourth-order valence-corrected chi connectivity index (χ4v) is 1.03. The highest BCUT2D eigenvalue weighted by atomic mass is 16.6. The van der Waals surface area contributed by atoms with Crippen LogP contribution >= 0.6 is 0 Å². The predicted octanol–water partition coefficient (Wildman–Crippen LogP) is 2.04. The average Bonchev–Trinajstić information content (AvgIpc) is 2.08. The molecule has 0 aromatic carbocycles. The molecule has 0 spiro atoms. The van der Waals surface area contributed by atoms with E-state index in [4.69, 9.17) is 15.2 Å². The number of amides is 1.